The molecule has 1 saturated heterocycles. The maximum absolute atomic E-state index is 13.6. The van der Waals surface area contributed by atoms with Gasteiger partial charge in [0.05, 0.1) is 5.56 Å². The summed E-state index contributed by atoms with van der Waals surface area (Å²) in [6, 6.07) is 6.16. The third-order valence-corrected chi connectivity index (χ3v) is 3.49. The molecule has 2 N–H and O–H groups in total. The first-order valence-corrected chi connectivity index (χ1v) is 6.46. The minimum Gasteiger partial charge on any atom is -0.338 e. The summed E-state index contributed by atoms with van der Waals surface area (Å²) in [7, 11) is 0. The first-order valence-electron chi connectivity index (χ1n) is 6.46. The van der Waals surface area contributed by atoms with Crippen LogP contribution in [0.15, 0.2) is 24.3 Å². The fraction of sp³-hybridized carbons (Fsp3) is 0.500. The number of hydrogen-bond donors (Lipinski definition) is 1. The highest BCUT2D eigenvalue weighted by Gasteiger charge is 2.25. The molecular weight excluding hydrogens is 267 g/mol. The van der Waals surface area contributed by atoms with Crippen molar-refractivity contribution in [1.29, 1.82) is 0 Å². The topological polar surface area (TPSA) is 46.3 Å². The molecule has 0 aliphatic carbocycles. The predicted octanol–water partition coefficient (Wildman–Crippen LogP) is 2.45. The van der Waals surface area contributed by atoms with Gasteiger partial charge < -0.3 is 10.6 Å². The largest absolute Gasteiger partial charge is 0.338 e. The number of halogens is 2. The molecule has 3 nitrogen and oxygen atoms in total. The van der Waals surface area contributed by atoms with Crippen molar-refractivity contribution in [3.63, 3.8) is 0 Å². The zero-order valence-electron chi connectivity index (χ0n) is 10.8. The van der Waals surface area contributed by atoms with E-state index < -0.39 is 5.82 Å². The van der Waals surface area contributed by atoms with Crippen molar-refractivity contribution in [2.24, 2.45) is 11.7 Å². The molecule has 1 amide bonds. The van der Waals surface area contributed by atoms with Gasteiger partial charge in [-0.25, -0.2) is 4.39 Å². The predicted molar refractivity (Wildman–Crippen MR) is 75.9 cm³/mol. The van der Waals surface area contributed by atoms with Crippen molar-refractivity contribution in [1.82, 2.24) is 4.90 Å². The number of nitrogens with two attached hydrogens (primary N) is 1. The van der Waals surface area contributed by atoms with Crippen molar-refractivity contribution in [3.05, 3.63) is 35.6 Å². The number of carbonyl (C=O) groups is 1. The van der Waals surface area contributed by atoms with E-state index in [-0.39, 0.29) is 23.9 Å². The van der Waals surface area contributed by atoms with E-state index in [1.165, 1.54) is 6.07 Å². The van der Waals surface area contributed by atoms with Crippen molar-refractivity contribution < 1.29 is 9.18 Å². The molecular formula is C14H20ClFN2O. The maximum atomic E-state index is 13.6. The molecule has 1 unspecified atom stereocenters. The van der Waals surface area contributed by atoms with Gasteiger partial charge in [-0.05, 0) is 43.9 Å². The highest BCUT2D eigenvalue weighted by molar-refractivity contribution is 5.94. The molecule has 0 aromatic heterocycles. The average molecular weight is 287 g/mol. The van der Waals surface area contributed by atoms with Gasteiger partial charge in [0.25, 0.3) is 5.91 Å². The van der Waals surface area contributed by atoms with Gasteiger partial charge in [-0.1, -0.05) is 12.1 Å². The van der Waals surface area contributed by atoms with Crippen LogP contribution in [-0.4, -0.2) is 30.4 Å². The molecule has 1 aromatic rings. The van der Waals surface area contributed by atoms with Crippen molar-refractivity contribution in [3.8, 4) is 0 Å². The van der Waals surface area contributed by atoms with E-state index in [0.717, 1.165) is 19.3 Å². The first-order chi connectivity index (χ1) is 8.72. The second-order valence-corrected chi connectivity index (χ2v) is 4.82. The number of amides is 1. The van der Waals surface area contributed by atoms with E-state index in [1.807, 2.05) is 0 Å². The molecule has 1 fully saturated rings. The number of nitrogens with zero attached hydrogens (tertiary/aromatic N) is 1. The third-order valence-electron chi connectivity index (χ3n) is 3.49. The van der Waals surface area contributed by atoms with Crippen LogP contribution in [0.3, 0.4) is 0 Å². The Labute approximate surface area is 119 Å². The van der Waals surface area contributed by atoms with Gasteiger partial charge in [0.1, 0.15) is 5.82 Å². The summed E-state index contributed by atoms with van der Waals surface area (Å²) in [5, 5.41) is 0. The average Bonchev–Trinajstić information content (AvgIpc) is 2.39. The Hall–Kier alpha value is -1.13. The van der Waals surface area contributed by atoms with Crippen molar-refractivity contribution in [2.45, 2.75) is 19.3 Å². The van der Waals surface area contributed by atoms with Gasteiger partial charge in [-0.15, -0.1) is 12.4 Å². The van der Waals surface area contributed by atoms with Gasteiger partial charge in [0.2, 0.25) is 0 Å². The molecule has 0 saturated carbocycles. The lowest BCUT2D eigenvalue weighted by atomic mass is 9.94. The molecule has 0 spiro atoms. The minimum absolute atomic E-state index is 0. The van der Waals surface area contributed by atoms with E-state index in [4.69, 9.17) is 5.73 Å². The Morgan fingerprint density at radius 1 is 1.42 bits per heavy atom. The highest BCUT2D eigenvalue weighted by Crippen LogP contribution is 2.21. The van der Waals surface area contributed by atoms with Crippen LogP contribution in [0.1, 0.15) is 29.6 Å². The van der Waals surface area contributed by atoms with Crippen LogP contribution < -0.4 is 5.73 Å². The smallest absolute Gasteiger partial charge is 0.256 e. The van der Waals surface area contributed by atoms with E-state index in [9.17, 15) is 9.18 Å². The first kappa shape index (κ1) is 15.9. The normalized spacial score (nSPS) is 18.8. The lowest BCUT2D eigenvalue weighted by molar-refractivity contribution is 0.0665. The second-order valence-electron chi connectivity index (χ2n) is 4.82. The van der Waals surface area contributed by atoms with Crippen molar-refractivity contribution in [2.75, 3.05) is 19.6 Å². The quantitative estimate of drug-likeness (QED) is 0.928. The standard InChI is InChI=1S/C14H19FN2O.ClH/c15-13-6-2-1-5-12(13)14(18)17-9-3-4-11(10-17)7-8-16;/h1-2,5-6,11H,3-4,7-10,16H2;1H. The fourth-order valence-corrected chi connectivity index (χ4v) is 2.53. The van der Waals surface area contributed by atoms with Crippen LogP contribution in [0.4, 0.5) is 4.39 Å². The van der Waals surface area contributed by atoms with E-state index in [2.05, 4.69) is 0 Å². The Balaban J connectivity index is 0.00000180. The Morgan fingerprint density at radius 2 is 2.16 bits per heavy atom. The van der Waals surface area contributed by atoms with Crippen LogP contribution in [0.25, 0.3) is 0 Å². The van der Waals surface area contributed by atoms with Gasteiger partial charge in [-0.3, -0.25) is 4.79 Å². The summed E-state index contributed by atoms with van der Waals surface area (Å²) in [6.07, 6.45) is 3.02. The zero-order valence-corrected chi connectivity index (χ0v) is 11.7. The molecule has 1 aliphatic rings. The summed E-state index contributed by atoms with van der Waals surface area (Å²) in [5.74, 6) is -0.183. The van der Waals surface area contributed by atoms with Crippen molar-refractivity contribution >= 4 is 18.3 Å². The fourth-order valence-electron chi connectivity index (χ4n) is 2.53. The van der Waals surface area contributed by atoms with Crippen LogP contribution in [0.2, 0.25) is 0 Å². The van der Waals surface area contributed by atoms with E-state index in [1.54, 1.807) is 23.1 Å². The Bertz CT molecular complexity index is 426. The number of likely N-dealkylation sites (tertiary alicyclic amines) is 1. The summed E-state index contributed by atoms with van der Waals surface area (Å²) in [5.41, 5.74) is 5.72. The monoisotopic (exact) mass is 286 g/mol. The summed E-state index contributed by atoms with van der Waals surface area (Å²) < 4.78 is 13.6. The number of benzene rings is 1. The summed E-state index contributed by atoms with van der Waals surface area (Å²) in [4.78, 5) is 14.0. The number of piperidine rings is 1. The summed E-state index contributed by atoms with van der Waals surface area (Å²) in [6.45, 7) is 2.06. The molecule has 0 radical (unpaired) electrons. The zero-order chi connectivity index (χ0) is 13.0. The Kier molecular flexibility index (Phi) is 6.25. The second kappa shape index (κ2) is 7.46. The molecule has 5 heteroatoms. The molecule has 19 heavy (non-hydrogen) atoms. The Morgan fingerprint density at radius 3 is 2.84 bits per heavy atom. The van der Waals surface area contributed by atoms with Gasteiger partial charge in [-0.2, -0.15) is 0 Å². The van der Waals surface area contributed by atoms with E-state index >= 15 is 0 Å². The lowest BCUT2D eigenvalue weighted by Gasteiger charge is -2.32. The number of rotatable bonds is 3. The molecule has 0 bridgehead atoms. The van der Waals surface area contributed by atoms with Crippen LogP contribution in [0.5, 0.6) is 0 Å². The molecule has 1 atom stereocenters. The molecule has 106 valence electrons. The van der Waals surface area contributed by atoms with E-state index in [0.29, 0.717) is 25.6 Å². The SMILES string of the molecule is Cl.NCCC1CCCN(C(=O)c2ccccc2F)C1. The molecule has 1 aromatic carbocycles. The molecule has 1 heterocycles. The highest BCUT2D eigenvalue weighted by atomic mass is 35.5. The maximum Gasteiger partial charge on any atom is 0.256 e. The summed E-state index contributed by atoms with van der Waals surface area (Å²) >= 11 is 0. The van der Waals surface area contributed by atoms with Crippen LogP contribution in [0, 0.1) is 11.7 Å². The van der Waals surface area contributed by atoms with Crippen LogP contribution >= 0.6 is 12.4 Å². The lowest BCUT2D eigenvalue weighted by Crippen LogP contribution is -2.40. The third kappa shape index (κ3) is 3.91. The van der Waals surface area contributed by atoms with Gasteiger partial charge >= 0.3 is 0 Å². The molecule has 2 rings (SSSR count). The van der Waals surface area contributed by atoms with Gasteiger partial charge in [0, 0.05) is 13.1 Å². The number of hydrogen-bond acceptors (Lipinski definition) is 2. The minimum atomic E-state index is -0.441. The number of carbonyl (C=O) groups excluding carboxylic acids is 1. The molecule has 1 aliphatic heterocycles. The van der Waals surface area contributed by atoms with Gasteiger partial charge in [0.15, 0.2) is 0 Å². The van der Waals surface area contributed by atoms with Crippen LogP contribution in [-0.2, 0) is 0 Å².